The van der Waals surface area contributed by atoms with E-state index in [1.165, 1.54) is 12.1 Å². The van der Waals surface area contributed by atoms with Gasteiger partial charge in [-0.15, -0.1) is 0 Å². The monoisotopic (exact) mass is 288 g/mol. The highest BCUT2D eigenvalue weighted by Crippen LogP contribution is 2.44. The van der Waals surface area contributed by atoms with Crippen LogP contribution in [0.5, 0.6) is 5.75 Å². The van der Waals surface area contributed by atoms with Crippen molar-refractivity contribution in [2.75, 3.05) is 13.1 Å². The molecular formula is C13H15F3N2O2. The zero-order valence-electron chi connectivity index (χ0n) is 11.1. The van der Waals surface area contributed by atoms with Crippen LogP contribution in [0.15, 0.2) is 12.1 Å². The van der Waals surface area contributed by atoms with Crippen LogP contribution >= 0.6 is 0 Å². The zero-order chi connectivity index (χ0) is 15.1. The highest BCUT2D eigenvalue weighted by molar-refractivity contribution is 5.90. The first-order valence-corrected chi connectivity index (χ1v) is 6.11. The van der Waals surface area contributed by atoms with Crippen molar-refractivity contribution in [3.8, 4) is 5.75 Å². The molecule has 1 saturated heterocycles. The molecular weight excluding hydrogens is 273 g/mol. The Labute approximate surface area is 114 Å². The molecule has 0 radical (unpaired) electrons. The van der Waals surface area contributed by atoms with Crippen molar-refractivity contribution in [1.82, 2.24) is 10.6 Å². The summed E-state index contributed by atoms with van der Waals surface area (Å²) in [5.41, 5.74) is -2.15. The van der Waals surface area contributed by atoms with Crippen molar-refractivity contribution in [3.63, 3.8) is 0 Å². The van der Waals surface area contributed by atoms with Gasteiger partial charge in [0.2, 0.25) is 5.54 Å². The van der Waals surface area contributed by atoms with Gasteiger partial charge in [-0.2, -0.15) is 13.2 Å². The summed E-state index contributed by atoms with van der Waals surface area (Å²) >= 11 is 0. The SMILES string of the molecule is Cc1cc(O)c([C@]2(C(F)(F)F)NCCNC2=O)cc1C. The second-order valence-electron chi connectivity index (χ2n) is 4.88. The normalized spacial score (nSPS) is 23.6. The molecule has 2 rings (SSSR count). The molecule has 3 N–H and O–H groups in total. The van der Waals surface area contributed by atoms with Crippen molar-refractivity contribution >= 4 is 5.91 Å². The first-order chi connectivity index (χ1) is 9.20. The van der Waals surface area contributed by atoms with Gasteiger partial charge in [-0.1, -0.05) is 0 Å². The number of halogens is 3. The summed E-state index contributed by atoms with van der Waals surface area (Å²) < 4.78 is 40.5. The van der Waals surface area contributed by atoms with Crippen LogP contribution in [0.25, 0.3) is 0 Å². The van der Waals surface area contributed by atoms with Crippen LogP contribution in [0.3, 0.4) is 0 Å². The molecule has 1 fully saturated rings. The summed E-state index contributed by atoms with van der Waals surface area (Å²) in [4.78, 5) is 11.9. The predicted octanol–water partition coefficient (Wildman–Crippen LogP) is 1.49. The fraction of sp³-hybridized carbons (Fsp3) is 0.462. The molecule has 4 nitrogen and oxygen atoms in total. The van der Waals surface area contributed by atoms with Gasteiger partial charge in [0.15, 0.2) is 0 Å². The largest absolute Gasteiger partial charge is 0.508 e. The number of alkyl halides is 3. The molecule has 0 saturated carbocycles. The number of aryl methyl sites for hydroxylation is 2. The molecule has 1 heterocycles. The van der Waals surface area contributed by atoms with Gasteiger partial charge in [-0.3, -0.25) is 10.1 Å². The Morgan fingerprint density at radius 1 is 1.20 bits per heavy atom. The number of carbonyl (C=O) groups excluding carboxylic acids is 1. The Balaban J connectivity index is 2.70. The van der Waals surface area contributed by atoms with Gasteiger partial charge in [0.05, 0.1) is 0 Å². The molecule has 0 unspecified atom stereocenters. The molecule has 7 heteroatoms. The maximum atomic E-state index is 13.5. The summed E-state index contributed by atoms with van der Waals surface area (Å²) in [6.07, 6.45) is -4.86. The van der Waals surface area contributed by atoms with Crippen molar-refractivity contribution in [2.45, 2.75) is 25.6 Å². The average molecular weight is 288 g/mol. The summed E-state index contributed by atoms with van der Waals surface area (Å²) in [6, 6.07) is 2.44. The molecule has 20 heavy (non-hydrogen) atoms. The number of hydrogen-bond donors (Lipinski definition) is 3. The Hall–Kier alpha value is -1.76. The summed E-state index contributed by atoms with van der Waals surface area (Å²) in [7, 11) is 0. The summed E-state index contributed by atoms with van der Waals surface area (Å²) in [6.45, 7) is 3.39. The number of phenols is 1. The number of hydrogen-bond acceptors (Lipinski definition) is 3. The van der Waals surface area contributed by atoms with Crippen LogP contribution in [0.1, 0.15) is 16.7 Å². The van der Waals surface area contributed by atoms with Crippen molar-refractivity contribution < 1.29 is 23.1 Å². The maximum absolute atomic E-state index is 13.5. The molecule has 0 aromatic heterocycles. The molecule has 0 bridgehead atoms. The maximum Gasteiger partial charge on any atom is 0.420 e. The van der Waals surface area contributed by atoms with Gasteiger partial charge in [0, 0.05) is 18.7 Å². The Kier molecular flexibility index (Phi) is 3.41. The van der Waals surface area contributed by atoms with Crippen molar-refractivity contribution in [1.29, 1.82) is 0 Å². The third-order valence-corrected chi connectivity index (χ3v) is 3.58. The van der Waals surface area contributed by atoms with Crippen molar-refractivity contribution in [3.05, 3.63) is 28.8 Å². The second kappa shape index (κ2) is 4.66. The molecule has 1 aromatic carbocycles. The van der Waals surface area contributed by atoms with Gasteiger partial charge < -0.3 is 10.4 Å². The molecule has 110 valence electrons. The van der Waals surface area contributed by atoms with Crippen LogP contribution in [0, 0.1) is 13.8 Å². The first kappa shape index (κ1) is 14.6. The van der Waals surface area contributed by atoms with Crippen LogP contribution in [0.2, 0.25) is 0 Å². The fourth-order valence-electron chi connectivity index (χ4n) is 2.34. The first-order valence-electron chi connectivity index (χ1n) is 6.11. The van der Waals surface area contributed by atoms with Gasteiger partial charge in [-0.05, 0) is 37.1 Å². The van der Waals surface area contributed by atoms with E-state index in [1.54, 1.807) is 13.8 Å². The number of benzene rings is 1. The van der Waals surface area contributed by atoms with E-state index in [4.69, 9.17) is 0 Å². The third-order valence-electron chi connectivity index (χ3n) is 3.58. The summed E-state index contributed by atoms with van der Waals surface area (Å²) in [5.74, 6) is -1.75. The Morgan fingerprint density at radius 2 is 1.80 bits per heavy atom. The molecule has 1 aliphatic rings. The third kappa shape index (κ3) is 2.02. The van der Waals surface area contributed by atoms with Crippen LogP contribution < -0.4 is 10.6 Å². The number of nitrogens with one attached hydrogen (secondary N) is 2. The van der Waals surface area contributed by atoms with E-state index in [0.717, 1.165) is 0 Å². The van der Waals surface area contributed by atoms with E-state index in [0.29, 0.717) is 11.1 Å². The van der Waals surface area contributed by atoms with Gasteiger partial charge in [-0.25, -0.2) is 0 Å². The number of rotatable bonds is 1. The lowest BCUT2D eigenvalue weighted by atomic mass is 9.84. The lowest BCUT2D eigenvalue weighted by Gasteiger charge is -2.39. The second-order valence-corrected chi connectivity index (χ2v) is 4.88. The smallest absolute Gasteiger partial charge is 0.420 e. The molecule has 0 spiro atoms. The molecule has 1 aromatic rings. The van der Waals surface area contributed by atoms with Crippen LogP contribution in [0.4, 0.5) is 13.2 Å². The van der Waals surface area contributed by atoms with E-state index < -0.39 is 28.9 Å². The average Bonchev–Trinajstić information content (AvgIpc) is 2.33. The van der Waals surface area contributed by atoms with E-state index in [9.17, 15) is 23.1 Å². The minimum atomic E-state index is -4.86. The van der Waals surface area contributed by atoms with E-state index >= 15 is 0 Å². The number of aromatic hydroxyl groups is 1. The lowest BCUT2D eigenvalue weighted by Crippen LogP contribution is -2.67. The molecule has 1 amide bonds. The zero-order valence-corrected chi connectivity index (χ0v) is 11.1. The minimum absolute atomic E-state index is 0.0301. The highest BCUT2D eigenvalue weighted by Gasteiger charge is 2.63. The van der Waals surface area contributed by atoms with E-state index in [2.05, 4.69) is 10.6 Å². The van der Waals surface area contributed by atoms with Gasteiger partial charge >= 0.3 is 6.18 Å². The molecule has 1 aliphatic heterocycles. The number of piperazine rings is 1. The fourth-order valence-corrected chi connectivity index (χ4v) is 2.34. The topological polar surface area (TPSA) is 61.4 Å². The van der Waals surface area contributed by atoms with E-state index in [-0.39, 0.29) is 13.1 Å². The van der Waals surface area contributed by atoms with E-state index in [1.807, 2.05) is 0 Å². The molecule has 0 aliphatic carbocycles. The Morgan fingerprint density at radius 3 is 2.35 bits per heavy atom. The Bertz CT molecular complexity index is 557. The lowest BCUT2D eigenvalue weighted by molar-refractivity contribution is -0.206. The van der Waals surface area contributed by atoms with Crippen LogP contribution in [-0.4, -0.2) is 30.3 Å². The summed E-state index contributed by atoms with van der Waals surface area (Å²) in [5, 5.41) is 14.3. The minimum Gasteiger partial charge on any atom is -0.508 e. The van der Waals surface area contributed by atoms with Gasteiger partial charge in [0.25, 0.3) is 5.91 Å². The van der Waals surface area contributed by atoms with Crippen LogP contribution in [-0.2, 0) is 10.3 Å². The predicted molar refractivity (Wildman–Crippen MR) is 66.3 cm³/mol. The number of phenolic OH excluding ortho intramolecular Hbond substituents is 1. The quantitative estimate of drug-likeness (QED) is 0.733. The van der Waals surface area contributed by atoms with Gasteiger partial charge in [0.1, 0.15) is 5.75 Å². The van der Waals surface area contributed by atoms with Crippen molar-refractivity contribution in [2.24, 2.45) is 0 Å². The standard InChI is InChI=1S/C13H15F3N2O2/c1-7-5-9(10(19)6-8(7)2)12(13(14,15)16)11(20)17-3-4-18-12/h5-6,18-19H,3-4H2,1-2H3,(H,17,20)/t12-/m0/s1. The molecule has 1 atom stereocenters. The number of amides is 1. The highest BCUT2D eigenvalue weighted by atomic mass is 19.4. The number of carbonyl (C=O) groups is 1.